The monoisotopic (exact) mass is 315 g/mol. The molecule has 2 N–H and O–H groups in total. The number of carbonyl (C=O) groups excluding carboxylic acids is 1. The van der Waals surface area contributed by atoms with E-state index in [0.717, 1.165) is 18.5 Å². The van der Waals surface area contributed by atoms with E-state index in [0.29, 0.717) is 11.7 Å². The van der Waals surface area contributed by atoms with Crippen molar-refractivity contribution >= 4 is 11.7 Å². The standard InChI is InChI=1S/C18H25N3O2/c1-14(2)9-11-21-12-10-16(20-21)19-17(22)13-18(3,23)15-7-5-4-6-8-15/h4-8,10,12,14,23H,9,11,13H2,1-3H3,(H,19,20,22). The van der Waals surface area contributed by atoms with E-state index in [-0.39, 0.29) is 12.3 Å². The zero-order valence-electron chi connectivity index (χ0n) is 14.0. The Morgan fingerprint density at radius 2 is 2.00 bits per heavy atom. The number of amides is 1. The summed E-state index contributed by atoms with van der Waals surface area (Å²) in [4.78, 5) is 12.2. The van der Waals surface area contributed by atoms with Crippen LogP contribution in [0.15, 0.2) is 42.6 Å². The van der Waals surface area contributed by atoms with Crippen LogP contribution in [0.25, 0.3) is 0 Å². The van der Waals surface area contributed by atoms with Crippen LogP contribution in [0.4, 0.5) is 5.82 Å². The van der Waals surface area contributed by atoms with E-state index in [9.17, 15) is 9.90 Å². The SMILES string of the molecule is CC(C)CCn1ccc(NC(=O)CC(C)(O)c2ccccc2)n1. The lowest BCUT2D eigenvalue weighted by atomic mass is 9.92. The largest absolute Gasteiger partial charge is 0.385 e. The molecule has 0 aliphatic rings. The molecule has 0 aliphatic carbocycles. The highest BCUT2D eigenvalue weighted by Crippen LogP contribution is 2.24. The van der Waals surface area contributed by atoms with E-state index in [2.05, 4.69) is 24.3 Å². The molecule has 0 spiro atoms. The number of hydrogen-bond acceptors (Lipinski definition) is 3. The molecule has 1 atom stereocenters. The molecule has 1 amide bonds. The molecule has 0 fully saturated rings. The van der Waals surface area contributed by atoms with E-state index < -0.39 is 5.60 Å². The van der Waals surface area contributed by atoms with Gasteiger partial charge in [0.25, 0.3) is 0 Å². The van der Waals surface area contributed by atoms with Gasteiger partial charge < -0.3 is 10.4 Å². The third-order valence-corrected chi connectivity index (χ3v) is 3.74. The third-order valence-electron chi connectivity index (χ3n) is 3.74. The van der Waals surface area contributed by atoms with Crippen LogP contribution in [0.5, 0.6) is 0 Å². The number of aryl methyl sites for hydroxylation is 1. The van der Waals surface area contributed by atoms with Crippen molar-refractivity contribution in [2.24, 2.45) is 5.92 Å². The molecular formula is C18H25N3O2. The Hall–Kier alpha value is -2.14. The summed E-state index contributed by atoms with van der Waals surface area (Å²) < 4.78 is 1.82. The van der Waals surface area contributed by atoms with Gasteiger partial charge >= 0.3 is 0 Å². The first-order chi connectivity index (χ1) is 10.9. The fraction of sp³-hybridized carbons (Fsp3) is 0.444. The van der Waals surface area contributed by atoms with Crippen molar-refractivity contribution < 1.29 is 9.90 Å². The van der Waals surface area contributed by atoms with Crippen molar-refractivity contribution in [2.45, 2.75) is 45.8 Å². The summed E-state index contributed by atoms with van der Waals surface area (Å²) in [5.74, 6) is 0.869. The second-order valence-electron chi connectivity index (χ2n) is 6.51. The minimum atomic E-state index is -1.20. The van der Waals surface area contributed by atoms with E-state index in [1.165, 1.54) is 0 Å². The second kappa shape index (κ2) is 7.42. The van der Waals surface area contributed by atoms with E-state index >= 15 is 0 Å². The molecule has 1 heterocycles. The summed E-state index contributed by atoms with van der Waals surface area (Å²) in [7, 11) is 0. The molecule has 0 radical (unpaired) electrons. The van der Waals surface area contributed by atoms with Crippen LogP contribution in [0.3, 0.4) is 0 Å². The van der Waals surface area contributed by atoms with Gasteiger partial charge in [-0.2, -0.15) is 5.10 Å². The van der Waals surface area contributed by atoms with Gasteiger partial charge in [0.15, 0.2) is 5.82 Å². The van der Waals surface area contributed by atoms with Crippen molar-refractivity contribution in [3.63, 3.8) is 0 Å². The van der Waals surface area contributed by atoms with E-state index in [1.807, 2.05) is 41.2 Å². The molecule has 5 heteroatoms. The molecule has 1 aromatic carbocycles. The lowest BCUT2D eigenvalue weighted by molar-refractivity contribution is -0.120. The normalized spacial score (nSPS) is 13.8. The van der Waals surface area contributed by atoms with Crippen LogP contribution in [-0.4, -0.2) is 20.8 Å². The highest BCUT2D eigenvalue weighted by Gasteiger charge is 2.26. The number of carbonyl (C=O) groups is 1. The van der Waals surface area contributed by atoms with Crippen LogP contribution >= 0.6 is 0 Å². The van der Waals surface area contributed by atoms with Gasteiger partial charge in [0.1, 0.15) is 0 Å². The summed E-state index contributed by atoms with van der Waals surface area (Å²) in [5.41, 5.74) is -0.483. The summed E-state index contributed by atoms with van der Waals surface area (Å²) in [6.45, 7) is 6.80. The first-order valence-corrected chi connectivity index (χ1v) is 7.98. The van der Waals surface area contributed by atoms with Crippen molar-refractivity contribution in [1.29, 1.82) is 0 Å². The Morgan fingerprint density at radius 1 is 1.30 bits per heavy atom. The molecule has 5 nitrogen and oxygen atoms in total. The minimum absolute atomic E-state index is 0.0180. The zero-order chi connectivity index (χ0) is 16.9. The maximum absolute atomic E-state index is 12.2. The van der Waals surface area contributed by atoms with Crippen LogP contribution in [0, 0.1) is 5.92 Å². The number of hydrogen-bond donors (Lipinski definition) is 2. The average molecular weight is 315 g/mol. The van der Waals surface area contributed by atoms with Gasteiger partial charge in [-0.1, -0.05) is 44.2 Å². The summed E-state index contributed by atoms with van der Waals surface area (Å²) in [5, 5.41) is 17.6. The quantitative estimate of drug-likeness (QED) is 0.824. The molecule has 0 aliphatic heterocycles. The molecule has 1 unspecified atom stereocenters. The lowest BCUT2D eigenvalue weighted by Gasteiger charge is -2.22. The molecule has 2 aromatic rings. The number of rotatable bonds is 7. The summed E-state index contributed by atoms with van der Waals surface area (Å²) >= 11 is 0. The predicted octanol–water partition coefficient (Wildman–Crippen LogP) is 3.17. The second-order valence-corrected chi connectivity index (χ2v) is 6.51. The molecule has 0 saturated carbocycles. The first kappa shape index (κ1) is 17.2. The predicted molar refractivity (Wildman–Crippen MR) is 90.9 cm³/mol. The number of nitrogens with one attached hydrogen (secondary N) is 1. The lowest BCUT2D eigenvalue weighted by Crippen LogP contribution is -2.28. The molecule has 0 bridgehead atoms. The molecule has 23 heavy (non-hydrogen) atoms. The highest BCUT2D eigenvalue weighted by molar-refractivity contribution is 5.90. The van der Waals surface area contributed by atoms with Crippen molar-refractivity contribution in [1.82, 2.24) is 9.78 Å². The number of aliphatic hydroxyl groups is 1. The zero-order valence-corrected chi connectivity index (χ0v) is 14.0. The van der Waals surface area contributed by atoms with Gasteiger partial charge in [0.2, 0.25) is 5.91 Å². The van der Waals surface area contributed by atoms with Gasteiger partial charge in [-0.05, 0) is 24.8 Å². The Balaban J connectivity index is 1.92. The molecule has 2 rings (SSSR count). The summed E-state index contributed by atoms with van der Waals surface area (Å²) in [6.07, 6.45) is 2.88. The maximum Gasteiger partial charge on any atom is 0.228 e. The van der Waals surface area contributed by atoms with Crippen LogP contribution < -0.4 is 5.32 Å². The third kappa shape index (κ3) is 5.21. The van der Waals surface area contributed by atoms with Gasteiger partial charge in [0, 0.05) is 18.8 Å². The van der Waals surface area contributed by atoms with E-state index in [4.69, 9.17) is 0 Å². The van der Waals surface area contributed by atoms with E-state index in [1.54, 1.807) is 13.0 Å². The Labute approximate surface area is 137 Å². The average Bonchev–Trinajstić information content (AvgIpc) is 2.93. The van der Waals surface area contributed by atoms with Crippen molar-refractivity contribution in [2.75, 3.05) is 5.32 Å². The Morgan fingerprint density at radius 3 is 2.65 bits per heavy atom. The Bertz CT molecular complexity index is 633. The fourth-order valence-corrected chi connectivity index (χ4v) is 2.34. The number of nitrogens with zero attached hydrogens (tertiary/aromatic N) is 2. The smallest absolute Gasteiger partial charge is 0.228 e. The van der Waals surface area contributed by atoms with Gasteiger partial charge in [-0.3, -0.25) is 9.48 Å². The molecular weight excluding hydrogens is 290 g/mol. The van der Waals surface area contributed by atoms with Crippen molar-refractivity contribution in [3.8, 4) is 0 Å². The molecule has 1 aromatic heterocycles. The fourth-order valence-electron chi connectivity index (χ4n) is 2.34. The molecule has 124 valence electrons. The maximum atomic E-state index is 12.2. The van der Waals surface area contributed by atoms with Crippen molar-refractivity contribution in [3.05, 3.63) is 48.2 Å². The Kier molecular flexibility index (Phi) is 5.55. The number of anilines is 1. The summed E-state index contributed by atoms with van der Waals surface area (Å²) in [6, 6.07) is 11.0. The molecule has 0 saturated heterocycles. The van der Waals surface area contributed by atoms with Crippen LogP contribution in [0.1, 0.15) is 39.2 Å². The first-order valence-electron chi connectivity index (χ1n) is 7.98. The van der Waals surface area contributed by atoms with Gasteiger partial charge in [-0.25, -0.2) is 0 Å². The van der Waals surface area contributed by atoms with Crippen LogP contribution in [-0.2, 0) is 16.9 Å². The minimum Gasteiger partial charge on any atom is -0.385 e. The number of benzene rings is 1. The highest BCUT2D eigenvalue weighted by atomic mass is 16.3. The number of aromatic nitrogens is 2. The van der Waals surface area contributed by atoms with Crippen LogP contribution in [0.2, 0.25) is 0 Å². The van der Waals surface area contributed by atoms with Gasteiger partial charge in [0.05, 0.1) is 12.0 Å². The topological polar surface area (TPSA) is 67.2 Å². The van der Waals surface area contributed by atoms with Gasteiger partial charge in [-0.15, -0.1) is 0 Å².